The van der Waals surface area contributed by atoms with Gasteiger partial charge in [-0.25, -0.2) is 0 Å². The second kappa shape index (κ2) is 11.5. The largest absolute Gasteiger partial charge is 0.394 e. The molecule has 1 amide bonds. The zero-order valence-corrected chi connectivity index (χ0v) is 20.4. The van der Waals surface area contributed by atoms with Gasteiger partial charge in [0.05, 0.1) is 30.0 Å². The van der Waals surface area contributed by atoms with Crippen LogP contribution in [0.1, 0.15) is 72.8 Å². The minimum Gasteiger partial charge on any atom is -0.394 e. The number of aliphatic hydroxyl groups excluding tert-OH is 1. The standard InChI is InChI=1S/C26H35N3O3S/c1-3-32-22-9-7-21(8-10-22)29-15-20-13-19(14-27-24(20)16-29)26(31)28-25(17-30)18-5-11-23(12-6-18)33-4-2/h5-6,11-14,21-22,25,30H,3-4,7-10,15-17H2,1-2H3,(H,28,31). The highest BCUT2D eigenvalue weighted by molar-refractivity contribution is 7.99. The van der Waals surface area contributed by atoms with Crippen LogP contribution in [0.15, 0.2) is 41.4 Å². The van der Waals surface area contributed by atoms with E-state index in [0.29, 0.717) is 17.7 Å². The van der Waals surface area contributed by atoms with Gasteiger partial charge in [0.25, 0.3) is 5.91 Å². The second-order valence-electron chi connectivity index (χ2n) is 8.83. The molecule has 0 bridgehead atoms. The molecule has 1 aliphatic carbocycles. The van der Waals surface area contributed by atoms with E-state index in [-0.39, 0.29) is 12.5 Å². The fourth-order valence-electron chi connectivity index (χ4n) is 4.92. The summed E-state index contributed by atoms with van der Waals surface area (Å²) in [5.74, 6) is 0.809. The summed E-state index contributed by atoms with van der Waals surface area (Å²) >= 11 is 1.77. The monoisotopic (exact) mass is 469 g/mol. The van der Waals surface area contributed by atoms with Crippen LogP contribution in [0.5, 0.6) is 0 Å². The SMILES string of the molecule is CCOC1CCC(N2Cc3cc(C(=O)NC(CO)c4ccc(SCC)cc4)cnc3C2)CC1. The molecule has 2 aromatic rings. The molecule has 33 heavy (non-hydrogen) atoms. The van der Waals surface area contributed by atoms with Gasteiger partial charge in [-0.05, 0) is 67.7 Å². The van der Waals surface area contributed by atoms with Gasteiger partial charge in [-0.2, -0.15) is 0 Å². The molecular formula is C26H35N3O3S. The Hall–Kier alpha value is -1.93. The van der Waals surface area contributed by atoms with Crippen molar-refractivity contribution in [3.05, 3.63) is 58.9 Å². The topological polar surface area (TPSA) is 74.7 Å². The molecule has 0 spiro atoms. The van der Waals surface area contributed by atoms with Gasteiger partial charge < -0.3 is 15.2 Å². The van der Waals surface area contributed by atoms with E-state index in [1.807, 2.05) is 30.3 Å². The maximum absolute atomic E-state index is 12.9. The van der Waals surface area contributed by atoms with Crippen molar-refractivity contribution in [2.24, 2.45) is 0 Å². The number of amides is 1. The number of rotatable bonds is 9. The van der Waals surface area contributed by atoms with Crippen molar-refractivity contribution in [3.63, 3.8) is 0 Å². The predicted molar refractivity (Wildman–Crippen MR) is 131 cm³/mol. The molecule has 4 rings (SSSR count). The lowest BCUT2D eigenvalue weighted by molar-refractivity contribution is 0.0126. The first-order chi connectivity index (χ1) is 16.1. The quantitative estimate of drug-likeness (QED) is 0.533. The third-order valence-corrected chi connectivity index (χ3v) is 7.59. The highest BCUT2D eigenvalue weighted by Gasteiger charge is 2.31. The maximum atomic E-state index is 12.9. The summed E-state index contributed by atoms with van der Waals surface area (Å²) in [4.78, 5) is 21.2. The van der Waals surface area contributed by atoms with Gasteiger partial charge in [0, 0.05) is 36.8 Å². The van der Waals surface area contributed by atoms with Crippen molar-refractivity contribution in [1.82, 2.24) is 15.2 Å². The first-order valence-electron chi connectivity index (χ1n) is 12.1. The zero-order chi connectivity index (χ0) is 23.2. The highest BCUT2D eigenvalue weighted by Crippen LogP contribution is 2.31. The van der Waals surface area contributed by atoms with Crippen molar-refractivity contribution in [3.8, 4) is 0 Å². The van der Waals surface area contributed by atoms with E-state index in [9.17, 15) is 9.90 Å². The molecule has 1 atom stereocenters. The van der Waals surface area contributed by atoms with Crippen LogP contribution in [0.3, 0.4) is 0 Å². The molecular weight excluding hydrogens is 434 g/mol. The third kappa shape index (κ3) is 5.96. The van der Waals surface area contributed by atoms with Crippen LogP contribution >= 0.6 is 11.8 Å². The summed E-state index contributed by atoms with van der Waals surface area (Å²) in [5.41, 5.74) is 3.65. The number of nitrogens with one attached hydrogen (secondary N) is 1. The Bertz CT molecular complexity index is 929. The summed E-state index contributed by atoms with van der Waals surface area (Å²) in [6.45, 7) is 6.51. The molecule has 0 saturated heterocycles. The molecule has 2 N–H and O–H groups in total. The van der Waals surface area contributed by atoms with Crippen molar-refractivity contribution in [2.45, 2.75) is 75.7 Å². The van der Waals surface area contributed by atoms with Crippen molar-refractivity contribution < 1.29 is 14.6 Å². The van der Waals surface area contributed by atoms with E-state index < -0.39 is 6.04 Å². The van der Waals surface area contributed by atoms with Gasteiger partial charge in [-0.15, -0.1) is 11.8 Å². The highest BCUT2D eigenvalue weighted by atomic mass is 32.2. The summed E-state index contributed by atoms with van der Waals surface area (Å²) in [7, 11) is 0. The van der Waals surface area contributed by atoms with Crippen LogP contribution in [0.4, 0.5) is 0 Å². The summed E-state index contributed by atoms with van der Waals surface area (Å²) in [5, 5.41) is 12.9. The van der Waals surface area contributed by atoms with E-state index in [0.717, 1.165) is 68.0 Å². The number of carbonyl (C=O) groups is 1. The molecule has 1 saturated carbocycles. The average Bonchev–Trinajstić information content (AvgIpc) is 3.27. The Morgan fingerprint density at radius 2 is 1.97 bits per heavy atom. The number of pyridine rings is 1. The van der Waals surface area contributed by atoms with Gasteiger partial charge in [-0.1, -0.05) is 19.1 Å². The molecule has 178 valence electrons. The molecule has 1 aromatic carbocycles. The number of benzene rings is 1. The van der Waals surface area contributed by atoms with Crippen LogP contribution in [0.25, 0.3) is 0 Å². The van der Waals surface area contributed by atoms with Crippen molar-refractivity contribution in [2.75, 3.05) is 19.0 Å². The summed E-state index contributed by atoms with van der Waals surface area (Å²) in [6, 6.07) is 10.1. The minimum atomic E-state index is -0.441. The molecule has 7 heteroatoms. The number of hydrogen-bond acceptors (Lipinski definition) is 6. The van der Waals surface area contributed by atoms with Gasteiger partial charge in [0.2, 0.25) is 0 Å². The molecule has 6 nitrogen and oxygen atoms in total. The van der Waals surface area contributed by atoms with Crippen LogP contribution < -0.4 is 5.32 Å². The number of thioether (sulfide) groups is 1. The lowest BCUT2D eigenvalue weighted by Crippen LogP contribution is -2.36. The Morgan fingerprint density at radius 3 is 2.64 bits per heavy atom. The van der Waals surface area contributed by atoms with Crippen molar-refractivity contribution >= 4 is 17.7 Å². The van der Waals surface area contributed by atoms with Crippen LogP contribution in [-0.4, -0.2) is 52.0 Å². The van der Waals surface area contributed by atoms with Gasteiger partial charge in [-0.3, -0.25) is 14.7 Å². The van der Waals surface area contributed by atoms with Crippen molar-refractivity contribution in [1.29, 1.82) is 0 Å². The van der Waals surface area contributed by atoms with Crippen LogP contribution in [0, 0.1) is 0 Å². The van der Waals surface area contributed by atoms with Gasteiger partial charge in [0.15, 0.2) is 0 Å². The summed E-state index contributed by atoms with van der Waals surface area (Å²) < 4.78 is 5.79. The second-order valence-corrected chi connectivity index (χ2v) is 10.2. The van der Waals surface area contributed by atoms with Crippen LogP contribution in [0.2, 0.25) is 0 Å². The normalized spacial score (nSPS) is 21.5. The lowest BCUT2D eigenvalue weighted by atomic mass is 9.92. The molecule has 2 heterocycles. The average molecular weight is 470 g/mol. The summed E-state index contributed by atoms with van der Waals surface area (Å²) in [6.07, 6.45) is 6.62. The molecule has 1 unspecified atom stereocenters. The van der Waals surface area contributed by atoms with E-state index in [1.165, 1.54) is 4.90 Å². The lowest BCUT2D eigenvalue weighted by Gasteiger charge is -2.34. The van der Waals surface area contributed by atoms with E-state index in [4.69, 9.17) is 4.74 Å². The molecule has 2 aliphatic rings. The zero-order valence-electron chi connectivity index (χ0n) is 19.6. The number of hydrogen-bond donors (Lipinski definition) is 2. The molecule has 1 aromatic heterocycles. The molecule has 0 radical (unpaired) electrons. The fourth-order valence-corrected chi connectivity index (χ4v) is 5.58. The Balaban J connectivity index is 1.36. The first-order valence-corrected chi connectivity index (χ1v) is 13.1. The number of fused-ring (bicyclic) bond motifs is 1. The van der Waals surface area contributed by atoms with Gasteiger partial charge in [0.1, 0.15) is 0 Å². The smallest absolute Gasteiger partial charge is 0.253 e. The first kappa shape index (κ1) is 24.2. The number of ether oxygens (including phenoxy) is 1. The van der Waals surface area contributed by atoms with Gasteiger partial charge >= 0.3 is 0 Å². The predicted octanol–water partition coefficient (Wildman–Crippen LogP) is 4.32. The minimum absolute atomic E-state index is 0.150. The Kier molecular flexibility index (Phi) is 8.41. The van der Waals surface area contributed by atoms with E-state index in [2.05, 4.69) is 29.0 Å². The maximum Gasteiger partial charge on any atom is 0.253 e. The van der Waals surface area contributed by atoms with E-state index in [1.54, 1.807) is 18.0 Å². The number of aliphatic hydroxyl groups is 1. The Labute approximate surface area is 201 Å². The fraction of sp³-hybridized carbons (Fsp3) is 0.538. The molecule has 1 fully saturated rings. The van der Waals surface area contributed by atoms with E-state index >= 15 is 0 Å². The third-order valence-electron chi connectivity index (χ3n) is 6.69. The number of aromatic nitrogens is 1. The molecule has 1 aliphatic heterocycles. The number of nitrogens with zero attached hydrogens (tertiary/aromatic N) is 2. The number of carbonyl (C=O) groups excluding carboxylic acids is 1. The Morgan fingerprint density at radius 1 is 1.21 bits per heavy atom. The van der Waals surface area contributed by atoms with Crippen LogP contribution in [-0.2, 0) is 17.8 Å².